The lowest BCUT2D eigenvalue weighted by Crippen LogP contribution is -2.18. The highest BCUT2D eigenvalue weighted by atomic mass is 16.5. The van der Waals surface area contributed by atoms with Crippen molar-refractivity contribution in [2.45, 2.75) is 38.1 Å². The van der Waals surface area contributed by atoms with Crippen LogP contribution >= 0.6 is 0 Å². The molecule has 3 nitrogen and oxygen atoms in total. The number of benzene rings is 1. The normalized spacial score (nSPS) is 33.5. The highest BCUT2D eigenvalue weighted by molar-refractivity contribution is 5.80. The predicted octanol–water partition coefficient (Wildman–Crippen LogP) is 3.20. The van der Waals surface area contributed by atoms with Gasteiger partial charge in [0.05, 0.1) is 18.3 Å². The molecular weight excluding hydrogens is 276 g/mol. The SMILES string of the molecule is CC1CC2OC1C(c1ccc(O)cc1)=C2C1=CCC(O)C=C1. The van der Waals surface area contributed by atoms with Crippen LogP contribution in [0, 0.1) is 5.92 Å². The van der Waals surface area contributed by atoms with Gasteiger partial charge < -0.3 is 14.9 Å². The molecule has 3 heteroatoms. The maximum absolute atomic E-state index is 9.65. The molecular formula is C19H20O3. The molecule has 1 aromatic rings. The fraction of sp³-hybridized carbons (Fsp3) is 0.368. The first kappa shape index (κ1) is 13.8. The van der Waals surface area contributed by atoms with E-state index in [1.54, 1.807) is 12.1 Å². The molecule has 2 N–H and O–H groups in total. The average Bonchev–Trinajstić information content (AvgIpc) is 3.06. The van der Waals surface area contributed by atoms with Gasteiger partial charge in [0.15, 0.2) is 0 Å². The minimum Gasteiger partial charge on any atom is -0.508 e. The summed E-state index contributed by atoms with van der Waals surface area (Å²) in [5, 5.41) is 19.2. The zero-order chi connectivity index (χ0) is 15.3. The molecule has 0 aromatic heterocycles. The molecule has 0 radical (unpaired) electrons. The smallest absolute Gasteiger partial charge is 0.115 e. The van der Waals surface area contributed by atoms with Crippen molar-refractivity contribution in [3.8, 4) is 5.75 Å². The number of fused-ring (bicyclic) bond motifs is 2. The van der Waals surface area contributed by atoms with Gasteiger partial charge in [-0.3, -0.25) is 0 Å². The number of allylic oxidation sites excluding steroid dienone is 1. The number of phenols is 1. The molecule has 1 saturated heterocycles. The first-order valence-corrected chi connectivity index (χ1v) is 7.89. The second-order valence-corrected chi connectivity index (χ2v) is 6.45. The number of aliphatic hydroxyl groups excluding tert-OH is 1. The highest BCUT2D eigenvalue weighted by Gasteiger charge is 2.45. The van der Waals surface area contributed by atoms with E-state index in [1.807, 2.05) is 24.3 Å². The summed E-state index contributed by atoms with van der Waals surface area (Å²) in [5.41, 5.74) is 4.80. The summed E-state index contributed by atoms with van der Waals surface area (Å²) in [6.45, 7) is 2.23. The molecule has 1 aliphatic carbocycles. The topological polar surface area (TPSA) is 49.7 Å². The molecule has 1 aromatic carbocycles. The molecule has 0 amide bonds. The molecule has 4 rings (SSSR count). The molecule has 4 unspecified atom stereocenters. The molecule has 0 spiro atoms. The van der Waals surface area contributed by atoms with Gasteiger partial charge in [-0.25, -0.2) is 0 Å². The van der Waals surface area contributed by atoms with Crippen LogP contribution in [0.25, 0.3) is 5.57 Å². The van der Waals surface area contributed by atoms with Gasteiger partial charge in [0, 0.05) is 0 Å². The van der Waals surface area contributed by atoms with E-state index in [4.69, 9.17) is 4.74 Å². The third-order valence-corrected chi connectivity index (χ3v) is 4.88. The van der Waals surface area contributed by atoms with Gasteiger partial charge >= 0.3 is 0 Å². The Labute approximate surface area is 130 Å². The zero-order valence-electron chi connectivity index (χ0n) is 12.6. The molecule has 3 aliphatic rings. The van der Waals surface area contributed by atoms with Crippen molar-refractivity contribution >= 4 is 5.57 Å². The lowest BCUT2D eigenvalue weighted by molar-refractivity contribution is 0.111. The first-order chi connectivity index (χ1) is 10.6. The van der Waals surface area contributed by atoms with Crippen LogP contribution in [0.1, 0.15) is 25.3 Å². The van der Waals surface area contributed by atoms with E-state index in [9.17, 15) is 10.2 Å². The van der Waals surface area contributed by atoms with E-state index in [0.717, 1.165) is 12.0 Å². The van der Waals surface area contributed by atoms with E-state index in [-0.39, 0.29) is 24.1 Å². The summed E-state index contributed by atoms with van der Waals surface area (Å²) in [5.74, 6) is 0.791. The Morgan fingerprint density at radius 1 is 1.14 bits per heavy atom. The Kier molecular flexibility index (Phi) is 3.21. The van der Waals surface area contributed by atoms with Crippen LogP contribution in [0.2, 0.25) is 0 Å². The van der Waals surface area contributed by atoms with E-state index in [1.165, 1.54) is 16.7 Å². The fourth-order valence-corrected chi connectivity index (χ4v) is 3.80. The maximum atomic E-state index is 9.65. The van der Waals surface area contributed by atoms with Crippen LogP contribution in [0.15, 0.2) is 53.6 Å². The van der Waals surface area contributed by atoms with Gasteiger partial charge in [-0.05, 0) is 53.2 Å². The van der Waals surface area contributed by atoms with E-state index in [2.05, 4.69) is 13.0 Å². The molecule has 114 valence electrons. The molecule has 2 aliphatic heterocycles. The first-order valence-electron chi connectivity index (χ1n) is 7.89. The lowest BCUT2D eigenvalue weighted by atomic mass is 9.78. The van der Waals surface area contributed by atoms with Crippen molar-refractivity contribution in [2.24, 2.45) is 5.92 Å². The zero-order valence-corrected chi connectivity index (χ0v) is 12.6. The number of hydrogen-bond acceptors (Lipinski definition) is 3. The van der Waals surface area contributed by atoms with Crippen LogP contribution in [0.4, 0.5) is 0 Å². The Hall–Kier alpha value is -1.84. The van der Waals surface area contributed by atoms with Crippen molar-refractivity contribution in [2.75, 3.05) is 0 Å². The van der Waals surface area contributed by atoms with Crippen molar-refractivity contribution in [1.29, 1.82) is 0 Å². The number of aromatic hydroxyl groups is 1. The number of ether oxygens (including phenoxy) is 1. The van der Waals surface area contributed by atoms with Crippen molar-refractivity contribution in [3.05, 3.63) is 59.2 Å². The monoisotopic (exact) mass is 296 g/mol. The fourth-order valence-electron chi connectivity index (χ4n) is 3.80. The summed E-state index contributed by atoms with van der Waals surface area (Å²) in [7, 11) is 0. The Balaban J connectivity index is 1.82. The van der Waals surface area contributed by atoms with Gasteiger partial charge in [-0.15, -0.1) is 0 Å². The number of aliphatic hydroxyl groups is 1. The number of rotatable bonds is 2. The Bertz CT molecular complexity index is 681. The predicted molar refractivity (Wildman–Crippen MR) is 85.3 cm³/mol. The third kappa shape index (κ3) is 2.13. The number of phenolic OH excluding ortho intramolecular Hbond substituents is 1. The molecule has 2 heterocycles. The van der Waals surface area contributed by atoms with Crippen LogP contribution in [0.5, 0.6) is 5.75 Å². The highest BCUT2D eigenvalue weighted by Crippen LogP contribution is 2.50. The van der Waals surface area contributed by atoms with Crippen molar-refractivity contribution < 1.29 is 14.9 Å². The van der Waals surface area contributed by atoms with E-state index < -0.39 is 0 Å². The standard InChI is InChI=1S/C19H20O3/c1-11-10-16-17(12-2-6-14(20)7-3-12)18(19(11)22-16)13-4-8-15(21)9-5-13/h2-6,8-9,11,14,16,19-21H,7,10H2,1H3. The quantitative estimate of drug-likeness (QED) is 0.881. The van der Waals surface area contributed by atoms with Crippen LogP contribution in [-0.2, 0) is 4.74 Å². The molecule has 22 heavy (non-hydrogen) atoms. The average molecular weight is 296 g/mol. The summed E-state index contributed by atoms with van der Waals surface area (Å²) in [6, 6.07) is 7.38. The summed E-state index contributed by atoms with van der Waals surface area (Å²) in [6.07, 6.45) is 7.58. The van der Waals surface area contributed by atoms with Crippen LogP contribution in [0.3, 0.4) is 0 Å². The largest absolute Gasteiger partial charge is 0.508 e. The Morgan fingerprint density at radius 3 is 2.59 bits per heavy atom. The van der Waals surface area contributed by atoms with Gasteiger partial charge in [-0.1, -0.05) is 37.3 Å². The van der Waals surface area contributed by atoms with Crippen molar-refractivity contribution in [1.82, 2.24) is 0 Å². The van der Waals surface area contributed by atoms with Gasteiger partial charge in [0.25, 0.3) is 0 Å². The molecule has 4 atom stereocenters. The van der Waals surface area contributed by atoms with Gasteiger partial charge in [0.2, 0.25) is 0 Å². The van der Waals surface area contributed by atoms with Gasteiger partial charge in [-0.2, -0.15) is 0 Å². The second-order valence-electron chi connectivity index (χ2n) is 6.45. The third-order valence-electron chi connectivity index (χ3n) is 4.88. The van der Waals surface area contributed by atoms with E-state index in [0.29, 0.717) is 12.3 Å². The summed E-state index contributed by atoms with van der Waals surface area (Å²) < 4.78 is 6.20. The summed E-state index contributed by atoms with van der Waals surface area (Å²) >= 11 is 0. The lowest BCUT2D eigenvalue weighted by Gasteiger charge is -2.24. The second kappa shape index (κ2) is 5.11. The van der Waals surface area contributed by atoms with Crippen molar-refractivity contribution in [3.63, 3.8) is 0 Å². The van der Waals surface area contributed by atoms with Gasteiger partial charge in [0.1, 0.15) is 5.75 Å². The minimum atomic E-state index is -0.375. The Morgan fingerprint density at radius 2 is 1.91 bits per heavy atom. The summed E-state index contributed by atoms with van der Waals surface area (Å²) in [4.78, 5) is 0. The van der Waals surface area contributed by atoms with E-state index >= 15 is 0 Å². The maximum Gasteiger partial charge on any atom is 0.115 e. The molecule has 1 fully saturated rings. The van der Waals surface area contributed by atoms with Crippen LogP contribution in [-0.4, -0.2) is 28.5 Å². The molecule has 2 bridgehead atoms. The molecule has 0 saturated carbocycles. The van der Waals surface area contributed by atoms with Crippen LogP contribution < -0.4 is 0 Å². The number of hydrogen-bond donors (Lipinski definition) is 2. The minimum absolute atomic E-state index is 0.130.